The summed E-state index contributed by atoms with van der Waals surface area (Å²) in [5.41, 5.74) is 2.76. The lowest BCUT2D eigenvalue weighted by Crippen LogP contribution is -2.38. The Morgan fingerprint density at radius 2 is 1.82 bits per heavy atom. The Kier molecular flexibility index (Phi) is 5.99. The second kappa shape index (κ2) is 8.61. The van der Waals surface area contributed by atoms with Gasteiger partial charge in [0.2, 0.25) is 0 Å². The molecule has 2 aromatic carbocycles. The van der Waals surface area contributed by atoms with Crippen LogP contribution in [0.3, 0.4) is 0 Å². The van der Waals surface area contributed by atoms with Crippen molar-refractivity contribution in [2.45, 2.75) is 19.4 Å². The van der Waals surface area contributed by atoms with Gasteiger partial charge in [0.15, 0.2) is 17.6 Å². The molecule has 0 spiro atoms. The molecule has 0 aromatic heterocycles. The van der Waals surface area contributed by atoms with Gasteiger partial charge in [-0.05, 0) is 48.7 Å². The lowest BCUT2D eigenvalue weighted by Gasteiger charge is -2.21. The molecule has 0 bridgehead atoms. The van der Waals surface area contributed by atoms with Crippen molar-refractivity contribution in [1.29, 1.82) is 0 Å². The number of para-hydroxylation sites is 1. The lowest BCUT2D eigenvalue weighted by atomic mass is 10.2. The summed E-state index contributed by atoms with van der Waals surface area (Å²) >= 11 is 0. The first kappa shape index (κ1) is 19.5. The van der Waals surface area contributed by atoms with Crippen LogP contribution in [0.15, 0.2) is 48.5 Å². The fourth-order valence-electron chi connectivity index (χ4n) is 3.17. The van der Waals surface area contributed by atoms with E-state index in [1.165, 1.54) is 6.08 Å². The van der Waals surface area contributed by atoms with Crippen molar-refractivity contribution in [2.24, 2.45) is 0 Å². The van der Waals surface area contributed by atoms with Gasteiger partial charge in [-0.2, -0.15) is 0 Å². The largest absolute Gasteiger partial charge is 0.493 e. The van der Waals surface area contributed by atoms with Crippen LogP contribution in [0.25, 0.3) is 6.08 Å². The van der Waals surface area contributed by atoms with E-state index in [9.17, 15) is 9.59 Å². The van der Waals surface area contributed by atoms with Crippen LogP contribution in [0.5, 0.6) is 11.5 Å². The molecule has 0 fully saturated rings. The minimum Gasteiger partial charge on any atom is -0.493 e. The molecule has 0 aliphatic carbocycles. The van der Waals surface area contributed by atoms with Crippen molar-refractivity contribution in [3.8, 4) is 11.5 Å². The average molecular weight is 381 g/mol. The summed E-state index contributed by atoms with van der Waals surface area (Å²) in [5.74, 6) is 0.363. The topological polar surface area (TPSA) is 65.1 Å². The molecule has 0 N–H and O–H groups in total. The van der Waals surface area contributed by atoms with E-state index in [2.05, 4.69) is 0 Å². The van der Waals surface area contributed by atoms with E-state index in [1.807, 2.05) is 24.3 Å². The van der Waals surface area contributed by atoms with Crippen molar-refractivity contribution < 1.29 is 23.8 Å². The van der Waals surface area contributed by atoms with E-state index in [-0.39, 0.29) is 5.91 Å². The molecule has 1 aliphatic heterocycles. The van der Waals surface area contributed by atoms with Crippen LogP contribution in [0.2, 0.25) is 0 Å². The third-order valence-corrected chi connectivity index (χ3v) is 4.61. The predicted octanol–water partition coefficient (Wildman–Crippen LogP) is 3.24. The highest BCUT2D eigenvalue weighted by Gasteiger charge is 2.29. The number of benzene rings is 2. The molecular weight excluding hydrogens is 358 g/mol. The second-order valence-electron chi connectivity index (χ2n) is 6.40. The standard InChI is InChI=1S/C22H23NO5/c1-15(22(25)23-13-12-17-6-4-5-7-18(17)23)28-21(24)11-9-16-8-10-19(26-2)20(14-16)27-3/h4-11,14-15H,12-13H2,1-3H3/b11-9+/t15-/m0/s1. The summed E-state index contributed by atoms with van der Waals surface area (Å²) in [6, 6.07) is 13.1. The van der Waals surface area contributed by atoms with Gasteiger partial charge in [0.25, 0.3) is 5.91 Å². The van der Waals surface area contributed by atoms with Crippen LogP contribution in [0.1, 0.15) is 18.1 Å². The maximum absolute atomic E-state index is 12.7. The van der Waals surface area contributed by atoms with Gasteiger partial charge in [0.1, 0.15) is 0 Å². The third-order valence-electron chi connectivity index (χ3n) is 4.61. The maximum atomic E-state index is 12.7. The number of nitrogens with zero attached hydrogens (tertiary/aromatic N) is 1. The fourth-order valence-corrected chi connectivity index (χ4v) is 3.17. The first-order valence-electron chi connectivity index (χ1n) is 9.03. The fraction of sp³-hybridized carbons (Fsp3) is 0.273. The van der Waals surface area contributed by atoms with Crippen LogP contribution in [-0.2, 0) is 20.7 Å². The van der Waals surface area contributed by atoms with Crippen molar-refractivity contribution in [2.75, 3.05) is 25.7 Å². The number of esters is 1. The van der Waals surface area contributed by atoms with Crippen molar-refractivity contribution in [1.82, 2.24) is 0 Å². The minimum absolute atomic E-state index is 0.224. The van der Waals surface area contributed by atoms with Gasteiger partial charge in [-0.15, -0.1) is 0 Å². The predicted molar refractivity (Wildman–Crippen MR) is 107 cm³/mol. The monoisotopic (exact) mass is 381 g/mol. The van der Waals surface area contributed by atoms with Crippen LogP contribution < -0.4 is 14.4 Å². The minimum atomic E-state index is -0.867. The number of fused-ring (bicyclic) bond motifs is 1. The van der Waals surface area contributed by atoms with Gasteiger partial charge in [-0.3, -0.25) is 4.79 Å². The highest BCUT2D eigenvalue weighted by molar-refractivity contribution is 6.00. The van der Waals surface area contributed by atoms with E-state index in [4.69, 9.17) is 14.2 Å². The molecule has 1 amide bonds. The number of hydrogen-bond acceptors (Lipinski definition) is 5. The van der Waals surface area contributed by atoms with Crippen LogP contribution in [0.4, 0.5) is 5.69 Å². The van der Waals surface area contributed by atoms with Crippen molar-refractivity contribution in [3.63, 3.8) is 0 Å². The Bertz CT molecular complexity index is 906. The van der Waals surface area contributed by atoms with Crippen molar-refractivity contribution in [3.05, 3.63) is 59.7 Å². The summed E-state index contributed by atoms with van der Waals surface area (Å²) < 4.78 is 15.7. The van der Waals surface area contributed by atoms with Gasteiger partial charge in [-0.1, -0.05) is 24.3 Å². The molecule has 0 saturated heterocycles. The Morgan fingerprint density at radius 3 is 2.57 bits per heavy atom. The molecule has 0 unspecified atom stereocenters. The SMILES string of the molecule is COc1ccc(/C=C/C(=O)O[C@@H](C)C(=O)N2CCc3ccccc32)cc1OC. The molecule has 2 aromatic rings. The van der Waals surface area contributed by atoms with Crippen LogP contribution >= 0.6 is 0 Å². The van der Waals surface area contributed by atoms with Gasteiger partial charge in [0.05, 0.1) is 14.2 Å². The summed E-state index contributed by atoms with van der Waals surface area (Å²) in [7, 11) is 3.10. The van der Waals surface area contributed by atoms with E-state index in [0.717, 1.165) is 23.2 Å². The number of carbonyl (C=O) groups is 2. The molecular formula is C22H23NO5. The van der Waals surface area contributed by atoms with E-state index in [0.29, 0.717) is 18.0 Å². The third kappa shape index (κ3) is 4.17. The molecule has 146 valence electrons. The average Bonchev–Trinajstić information content (AvgIpc) is 3.15. The number of rotatable bonds is 6. The van der Waals surface area contributed by atoms with Crippen molar-refractivity contribution >= 4 is 23.6 Å². The molecule has 1 heterocycles. The molecule has 28 heavy (non-hydrogen) atoms. The molecule has 6 heteroatoms. The van der Waals surface area contributed by atoms with Gasteiger partial charge in [0, 0.05) is 18.3 Å². The molecule has 3 rings (SSSR count). The number of ether oxygens (including phenoxy) is 3. The van der Waals surface area contributed by atoms with E-state index >= 15 is 0 Å². The lowest BCUT2D eigenvalue weighted by molar-refractivity contribution is -0.149. The molecule has 6 nitrogen and oxygen atoms in total. The zero-order chi connectivity index (χ0) is 20.1. The summed E-state index contributed by atoms with van der Waals surface area (Å²) in [6.45, 7) is 2.19. The van der Waals surface area contributed by atoms with Gasteiger partial charge >= 0.3 is 5.97 Å². The second-order valence-corrected chi connectivity index (χ2v) is 6.40. The number of amides is 1. The Labute approximate surface area is 164 Å². The summed E-state index contributed by atoms with van der Waals surface area (Å²) in [6.07, 6.45) is 2.84. The molecule has 1 aliphatic rings. The Balaban J connectivity index is 1.62. The summed E-state index contributed by atoms with van der Waals surface area (Å²) in [5, 5.41) is 0. The zero-order valence-electron chi connectivity index (χ0n) is 16.2. The van der Waals surface area contributed by atoms with E-state index < -0.39 is 12.1 Å². The number of hydrogen-bond donors (Lipinski definition) is 0. The smallest absolute Gasteiger partial charge is 0.331 e. The van der Waals surface area contributed by atoms with Gasteiger partial charge in [-0.25, -0.2) is 4.79 Å². The zero-order valence-corrected chi connectivity index (χ0v) is 16.2. The number of carbonyl (C=O) groups excluding carboxylic acids is 2. The first-order chi connectivity index (χ1) is 13.5. The summed E-state index contributed by atoms with van der Waals surface area (Å²) in [4.78, 5) is 26.5. The van der Waals surface area contributed by atoms with Crippen LogP contribution in [-0.4, -0.2) is 38.7 Å². The van der Waals surface area contributed by atoms with Crippen LogP contribution in [0, 0.1) is 0 Å². The molecule has 0 radical (unpaired) electrons. The quantitative estimate of drug-likeness (QED) is 0.568. The molecule has 0 saturated carbocycles. The maximum Gasteiger partial charge on any atom is 0.331 e. The number of anilines is 1. The number of methoxy groups -OCH3 is 2. The van der Waals surface area contributed by atoms with E-state index in [1.54, 1.807) is 50.3 Å². The molecule has 1 atom stereocenters. The highest BCUT2D eigenvalue weighted by atomic mass is 16.5. The van der Waals surface area contributed by atoms with Gasteiger partial charge < -0.3 is 19.1 Å². The Hall–Kier alpha value is -3.28. The first-order valence-corrected chi connectivity index (χ1v) is 9.03. The normalized spacial score (nSPS) is 13.9. The Morgan fingerprint density at radius 1 is 1.07 bits per heavy atom. The highest BCUT2D eigenvalue weighted by Crippen LogP contribution is 2.29.